The van der Waals surface area contributed by atoms with Crippen LogP contribution in [0.4, 0.5) is 0 Å². The second-order valence-corrected chi connectivity index (χ2v) is 7.28. The van der Waals surface area contributed by atoms with Crippen molar-refractivity contribution in [3.63, 3.8) is 0 Å². The molecule has 144 valence electrons. The Balaban J connectivity index is 1.68. The number of hydrazone groups is 1. The first-order valence-electron chi connectivity index (χ1n) is 8.61. The number of amides is 1. The average molecular weight is 461 g/mol. The molecule has 2 aromatic carbocycles. The minimum atomic E-state index is -0.371. The predicted octanol–water partition coefficient (Wildman–Crippen LogP) is 5.04. The third-order valence-electron chi connectivity index (χ3n) is 4.21. The molecular formula is C21H19BrClN3O2. The van der Waals surface area contributed by atoms with Gasteiger partial charge >= 0.3 is 0 Å². The highest BCUT2D eigenvalue weighted by atomic mass is 79.9. The van der Waals surface area contributed by atoms with Gasteiger partial charge in [-0.15, -0.1) is 0 Å². The third-order valence-corrected chi connectivity index (χ3v) is 5.52. The van der Waals surface area contributed by atoms with Crippen molar-refractivity contribution < 1.29 is 9.53 Å². The number of aromatic nitrogens is 1. The number of carbonyl (C=O) groups is 1. The van der Waals surface area contributed by atoms with Crippen LogP contribution in [0.1, 0.15) is 17.0 Å². The van der Waals surface area contributed by atoms with Crippen molar-refractivity contribution in [3.05, 3.63) is 81.0 Å². The monoisotopic (exact) mass is 459 g/mol. The molecule has 1 heterocycles. The molecule has 0 aliphatic carbocycles. The lowest BCUT2D eigenvalue weighted by molar-refractivity contribution is -0.123. The first-order chi connectivity index (χ1) is 13.5. The fourth-order valence-electron chi connectivity index (χ4n) is 2.84. The average Bonchev–Trinajstić information content (AvgIpc) is 2.91. The van der Waals surface area contributed by atoms with Gasteiger partial charge in [-0.05, 0) is 54.0 Å². The summed E-state index contributed by atoms with van der Waals surface area (Å²) in [6.07, 6.45) is 1.62. The highest BCUT2D eigenvalue weighted by Gasteiger charge is 2.15. The normalized spacial score (nSPS) is 11.0. The van der Waals surface area contributed by atoms with Crippen LogP contribution in [-0.2, 0) is 4.79 Å². The van der Waals surface area contributed by atoms with Crippen LogP contribution < -0.4 is 10.2 Å². The molecule has 0 saturated heterocycles. The zero-order chi connectivity index (χ0) is 20.1. The maximum Gasteiger partial charge on any atom is 0.277 e. The maximum absolute atomic E-state index is 12.0. The van der Waals surface area contributed by atoms with Gasteiger partial charge in [-0.1, -0.05) is 41.9 Å². The van der Waals surface area contributed by atoms with E-state index in [0.29, 0.717) is 10.8 Å². The van der Waals surface area contributed by atoms with Gasteiger partial charge in [0.25, 0.3) is 5.91 Å². The van der Waals surface area contributed by atoms with Crippen molar-refractivity contribution in [3.8, 4) is 11.4 Å². The molecule has 1 aromatic heterocycles. The molecule has 7 heteroatoms. The molecular weight excluding hydrogens is 442 g/mol. The van der Waals surface area contributed by atoms with Crippen molar-refractivity contribution in [2.75, 3.05) is 6.61 Å². The summed E-state index contributed by atoms with van der Waals surface area (Å²) in [4.78, 5) is 12.0. The number of benzene rings is 2. The number of nitrogens with one attached hydrogen (secondary N) is 1. The summed E-state index contributed by atoms with van der Waals surface area (Å²) < 4.78 is 8.46. The number of nitrogens with zero attached hydrogens (tertiary/aromatic N) is 2. The van der Waals surface area contributed by atoms with Crippen LogP contribution in [0.15, 0.2) is 64.2 Å². The third kappa shape index (κ3) is 4.46. The summed E-state index contributed by atoms with van der Waals surface area (Å²) in [5.41, 5.74) is 6.51. The second-order valence-electron chi connectivity index (χ2n) is 6.08. The van der Waals surface area contributed by atoms with Crippen LogP contribution in [0, 0.1) is 13.8 Å². The van der Waals surface area contributed by atoms with Gasteiger partial charge in [-0.2, -0.15) is 5.10 Å². The Hall–Kier alpha value is -2.57. The number of para-hydroxylation sites is 2. The summed E-state index contributed by atoms with van der Waals surface area (Å²) in [6.45, 7) is 3.86. The number of rotatable bonds is 6. The maximum atomic E-state index is 12.0. The van der Waals surface area contributed by atoms with E-state index in [1.165, 1.54) is 0 Å². The lowest BCUT2D eigenvalue weighted by atomic mass is 10.2. The Morgan fingerprint density at radius 2 is 1.82 bits per heavy atom. The molecule has 28 heavy (non-hydrogen) atoms. The lowest BCUT2D eigenvalue weighted by Gasteiger charge is -2.09. The van der Waals surface area contributed by atoms with Crippen LogP contribution in [0.5, 0.6) is 5.75 Å². The molecule has 0 aliphatic rings. The van der Waals surface area contributed by atoms with Gasteiger partial charge in [0.05, 0.1) is 11.2 Å². The van der Waals surface area contributed by atoms with E-state index in [0.717, 1.165) is 27.1 Å². The first-order valence-corrected chi connectivity index (χ1v) is 9.78. The van der Waals surface area contributed by atoms with E-state index in [9.17, 15) is 4.79 Å². The van der Waals surface area contributed by atoms with E-state index < -0.39 is 0 Å². The summed E-state index contributed by atoms with van der Waals surface area (Å²) in [6, 6.07) is 17.0. The van der Waals surface area contributed by atoms with Crippen molar-refractivity contribution in [2.45, 2.75) is 13.8 Å². The van der Waals surface area contributed by atoms with Gasteiger partial charge in [0.2, 0.25) is 0 Å². The highest BCUT2D eigenvalue weighted by molar-refractivity contribution is 9.10. The number of carbonyl (C=O) groups excluding carboxylic acids is 1. The van der Waals surface area contributed by atoms with E-state index in [2.05, 4.69) is 31.0 Å². The van der Waals surface area contributed by atoms with Crippen molar-refractivity contribution in [1.82, 2.24) is 9.99 Å². The van der Waals surface area contributed by atoms with Crippen LogP contribution in [0.3, 0.4) is 0 Å². The van der Waals surface area contributed by atoms with Gasteiger partial charge in [0.1, 0.15) is 5.75 Å². The Labute approximate surface area is 177 Å². The van der Waals surface area contributed by atoms with Gasteiger partial charge in [-0.25, -0.2) is 5.43 Å². The van der Waals surface area contributed by atoms with E-state index in [-0.39, 0.29) is 12.5 Å². The summed E-state index contributed by atoms with van der Waals surface area (Å²) >= 11 is 9.62. The summed E-state index contributed by atoms with van der Waals surface area (Å²) in [5.74, 6) is 0.0848. The molecule has 1 N–H and O–H groups in total. The van der Waals surface area contributed by atoms with Crippen LogP contribution in [0.25, 0.3) is 5.69 Å². The Kier molecular flexibility index (Phi) is 6.54. The molecule has 0 radical (unpaired) electrons. The van der Waals surface area contributed by atoms with Crippen LogP contribution in [0.2, 0.25) is 5.02 Å². The summed E-state index contributed by atoms with van der Waals surface area (Å²) in [5, 5.41) is 4.52. The van der Waals surface area contributed by atoms with Gasteiger partial charge in [-0.3, -0.25) is 4.79 Å². The van der Waals surface area contributed by atoms with Crippen molar-refractivity contribution in [2.24, 2.45) is 5.10 Å². The zero-order valence-corrected chi connectivity index (χ0v) is 17.8. The molecule has 3 aromatic rings. The number of halogens is 2. The molecule has 1 amide bonds. The molecule has 0 unspecified atom stereocenters. The largest absolute Gasteiger partial charge is 0.482 e. The van der Waals surface area contributed by atoms with Crippen molar-refractivity contribution >= 4 is 39.7 Å². The minimum Gasteiger partial charge on any atom is -0.482 e. The molecule has 0 bridgehead atoms. The molecule has 0 spiro atoms. The van der Waals surface area contributed by atoms with Crippen LogP contribution >= 0.6 is 27.5 Å². The number of hydrogen-bond acceptors (Lipinski definition) is 3. The Bertz CT molecular complexity index is 1020. The molecule has 0 atom stereocenters. The van der Waals surface area contributed by atoms with E-state index in [1.54, 1.807) is 30.5 Å². The van der Waals surface area contributed by atoms with E-state index in [1.807, 2.05) is 44.2 Å². The predicted molar refractivity (Wildman–Crippen MR) is 116 cm³/mol. The first kappa shape index (κ1) is 20.2. The van der Waals surface area contributed by atoms with Gasteiger partial charge < -0.3 is 9.30 Å². The van der Waals surface area contributed by atoms with Gasteiger partial charge in [0, 0.05) is 27.1 Å². The Morgan fingerprint density at radius 1 is 1.14 bits per heavy atom. The molecule has 3 rings (SSSR count). The van der Waals surface area contributed by atoms with E-state index in [4.69, 9.17) is 16.3 Å². The molecule has 0 saturated carbocycles. The van der Waals surface area contributed by atoms with Crippen molar-refractivity contribution in [1.29, 1.82) is 0 Å². The lowest BCUT2D eigenvalue weighted by Crippen LogP contribution is -2.24. The molecule has 5 nitrogen and oxygen atoms in total. The smallest absolute Gasteiger partial charge is 0.277 e. The van der Waals surface area contributed by atoms with Gasteiger partial charge in [0.15, 0.2) is 6.61 Å². The van der Waals surface area contributed by atoms with E-state index >= 15 is 0 Å². The number of hydrogen-bond donors (Lipinski definition) is 1. The zero-order valence-electron chi connectivity index (χ0n) is 15.4. The fraction of sp³-hybridized carbons (Fsp3) is 0.143. The minimum absolute atomic E-state index is 0.175. The topological polar surface area (TPSA) is 55.6 Å². The standard InChI is InChI=1S/C21H19BrClN3O2/c1-14-17(21(22)15(2)26(14)16-8-4-3-5-9-16)12-24-25-20(27)13-28-19-11-7-6-10-18(19)23/h3-12H,13H2,1-2H3,(H,25,27)/b24-12+. The SMILES string of the molecule is Cc1c(Br)c(/C=N/NC(=O)COc2ccccc2Cl)c(C)n1-c1ccccc1. The number of ether oxygens (including phenoxy) is 1. The Morgan fingerprint density at radius 3 is 2.54 bits per heavy atom. The summed E-state index contributed by atoms with van der Waals surface area (Å²) in [7, 11) is 0. The highest BCUT2D eigenvalue weighted by Crippen LogP contribution is 2.29. The quantitative estimate of drug-likeness (QED) is 0.414. The molecule has 0 aliphatic heterocycles. The fourth-order valence-corrected chi connectivity index (χ4v) is 3.60. The van der Waals surface area contributed by atoms with Crippen LogP contribution in [-0.4, -0.2) is 23.3 Å². The molecule has 0 fully saturated rings. The second kappa shape index (κ2) is 9.08.